The van der Waals surface area contributed by atoms with Crippen molar-refractivity contribution in [2.75, 3.05) is 16.8 Å². The summed E-state index contributed by atoms with van der Waals surface area (Å²) in [6.07, 6.45) is 3.97. The van der Waals surface area contributed by atoms with Crippen LogP contribution in [0.4, 0.5) is 23.1 Å². The number of benzene rings is 2. The molecular formula is C21H20N6O. The Morgan fingerprint density at radius 2 is 2.00 bits per heavy atom. The average Bonchev–Trinajstić information content (AvgIpc) is 3.07. The number of rotatable bonds is 3. The molecule has 140 valence electrons. The second kappa shape index (κ2) is 6.53. The van der Waals surface area contributed by atoms with E-state index < -0.39 is 0 Å². The molecule has 1 aliphatic heterocycles. The Morgan fingerprint density at radius 1 is 1.11 bits per heavy atom. The topological polar surface area (TPSA) is 89.7 Å². The van der Waals surface area contributed by atoms with Crippen molar-refractivity contribution in [3.63, 3.8) is 0 Å². The van der Waals surface area contributed by atoms with Crippen LogP contribution in [0.2, 0.25) is 0 Å². The molecule has 0 fully saturated rings. The molecule has 4 aromatic rings. The number of para-hydroxylation sites is 1. The van der Waals surface area contributed by atoms with Gasteiger partial charge in [-0.1, -0.05) is 18.2 Å². The third kappa shape index (κ3) is 2.90. The molecule has 28 heavy (non-hydrogen) atoms. The third-order valence-corrected chi connectivity index (χ3v) is 5.11. The number of anilines is 4. The summed E-state index contributed by atoms with van der Waals surface area (Å²) in [4.78, 5) is 28.3. The Morgan fingerprint density at radius 3 is 2.93 bits per heavy atom. The van der Waals surface area contributed by atoms with E-state index in [0.29, 0.717) is 5.95 Å². The molecule has 2 aromatic heterocycles. The lowest BCUT2D eigenvalue weighted by Gasteiger charge is -2.32. The quantitative estimate of drug-likeness (QED) is 0.509. The van der Waals surface area contributed by atoms with E-state index in [2.05, 4.69) is 50.3 Å². The fourth-order valence-electron chi connectivity index (χ4n) is 3.88. The van der Waals surface area contributed by atoms with E-state index in [4.69, 9.17) is 4.98 Å². The molecule has 0 aliphatic carbocycles. The zero-order chi connectivity index (χ0) is 19.1. The summed E-state index contributed by atoms with van der Waals surface area (Å²) in [5.41, 5.74) is 5.98. The van der Waals surface area contributed by atoms with Crippen molar-refractivity contribution in [2.45, 2.75) is 19.8 Å². The van der Waals surface area contributed by atoms with Gasteiger partial charge in [0.1, 0.15) is 5.82 Å². The van der Waals surface area contributed by atoms with E-state index in [1.807, 2.05) is 24.3 Å². The lowest BCUT2D eigenvalue weighted by Crippen LogP contribution is -2.26. The average molecular weight is 372 g/mol. The highest BCUT2D eigenvalue weighted by molar-refractivity contribution is 5.79. The van der Waals surface area contributed by atoms with Crippen molar-refractivity contribution in [1.29, 1.82) is 0 Å². The SMILES string of the molecule is Cc1cccc2c1N(c1ccnc(Nc3ccc4[nH]c(=O)[nH]c4c3)n1)CCC2. The van der Waals surface area contributed by atoms with Gasteiger partial charge in [-0.25, -0.2) is 9.78 Å². The van der Waals surface area contributed by atoms with Gasteiger partial charge in [-0.05, 0) is 55.2 Å². The van der Waals surface area contributed by atoms with E-state index >= 15 is 0 Å². The fraction of sp³-hybridized carbons (Fsp3) is 0.190. The van der Waals surface area contributed by atoms with Gasteiger partial charge in [0.05, 0.1) is 11.0 Å². The molecule has 0 saturated carbocycles. The van der Waals surface area contributed by atoms with Crippen molar-refractivity contribution in [3.05, 3.63) is 70.3 Å². The molecule has 7 heteroatoms. The van der Waals surface area contributed by atoms with Gasteiger partial charge < -0.3 is 20.2 Å². The van der Waals surface area contributed by atoms with Crippen LogP contribution >= 0.6 is 0 Å². The van der Waals surface area contributed by atoms with E-state index in [1.54, 1.807) is 6.20 Å². The highest BCUT2D eigenvalue weighted by Crippen LogP contribution is 2.35. The summed E-state index contributed by atoms with van der Waals surface area (Å²) < 4.78 is 0. The first-order chi connectivity index (χ1) is 13.7. The number of aromatic amines is 2. The molecule has 0 spiro atoms. The summed E-state index contributed by atoms with van der Waals surface area (Å²) in [5.74, 6) is 1.40. The van der Waals surface area contributed by atoms with Gasteiger partial charge in [0, 0.05) is 24.1 Å². The van der Waals surface area contributed by atoms with Crippen LogP contribution in [0, 0.1) is 6.92 Å². The Labute approximate surface area is 161 Å². The second-order valence-corrected chi connectivity index (χ2v) is 7.04. The largest absolute Gasteiger partial charge is 0.326 e. The normalized spacial score (nSPS) is 13.5. The van der Waals surface area contributed by atoms with Gasteiger partial charge in [-0.15, -0.1) is 0 Å². The first-order valence-corrected chi connectivity index (χ1v) is 9.35. The molecule has 0 radical (unpaired) electrons. The lowest BCUT2D eigenvalue weighted by atomic mass is 9.98. The fourth-order valence-corrected chi connectivity index (χ4v) is 3.88. The minimum Gasteiger partial charge on any atom is -0.326 e. The first-order valence-electron chi connectivity index (χ1n) is 9.35. The Kier molecular flexibility index (Phi) is 3.86. The van der Waals surface area contributed by atoms with Gasteiger partial charge in [0.15, 0.2) is 0 Å². The van der Waals surface area contributed by atoms with Crippen LogP contribution in [0.1, 0.15) is 17.5 Å². The molecule has 0 bridgehead atoms. The van der Waals surface area contributed by atoms with E-state index in [9.17, 15) is 4.79 Å². The molecule has 1 aliphatic rings. The Bertz CT molecular complexity index is 1230. The second-order valence-electron chi connectivity index (χ2n) is 7.04. The van der Waals surface area contributed by atoms with Crippen molar-refractivity contribution in [3.8, 4) is 0 Å². The van der Waals surface area contributed by atoms with Crippen LogP contribution < -0.4 is 15.9 Å². The number of hydrogen-bond donors (Lipinski definition) is 3. The van der Waals surface area contributed by atoms with E-state index in [-0.39, 0.29) is 5.69 Å². The predicted octanol–water partition coefficient (Wildman–Crippen LogP) is 3.78. The number of nitrogens with one attached hydrogen (secondary N) is 3. The van der Waals surface area contributed by atoms with Gasteiger partial charge >= 0.3 is 5.69 Å². The maximum atomic E-state index is 11.4. The van der Waals surface area contributed by atoms with Gasteiger partial charge in [0.2, 0.25) is 5.95 Å². The van der Waals surface area contributed by atoms with Crippen molar-refractivity contribution in [1.82, 2.24) is 19.9 Å². The minimum absolute atomic E-state index is 0.218. The van der Waals surface area contributed by atoms with Crippen LogP contribution in [0.25, 0.3) is 11.0 Å². The number of aromatic nitrogens is 4. The monoisotopic (exact) mass is 372 g/mol. The zero-order valence-corrected chi connectivity index (χ0v) is 15.5. The standard InChI is InChI=1S/C21H20N6O/c1-13-4-2-5-14-6-3-11-27(19(13)14)18-9-10-22-20(26-18)23-15-7-8-16-17(12-15)25-21(28)24-16/h2,4-5,7-10,12H,3,6,11H2,1H3,(H,22,23,26)(H2,24,25,28). The number of aryl methyl sites for hydroxylation is 2. The van der Waals surface area contributed by atoms with E-state index in [0.717, 1.165) is 41.9 Å². The summed E-state index contributed by atoms with van der Waals surface area (Å²) in [5, 5.41) is 3.24. The van der Waals surface area contributed by atoms with Crippen LogP contribution in [0.3, 0.4) is 0 Å². The molecule has 3 heterocycles. The van der Waals surface area contributed by atoms with Crippen molar-refractivity contribution >= 4 is 34.2 Å². The van der Waals surface area contributed by atoms with Crippen molar-refractivity contribution in [2.24, 2.45) is 0 Å². The number of imidazole rings is 1. The Balaban J connectivity index is 1.48. The molecule has 0 atom stereocenters. The molecule has 7 nitrogen and oxygen atoms in total. The minimum atomic E-state index is -0.218. The van der Waals surface area contributed by atoms with E-state index in [1.165, 1.54) is 16.8 Å². The van der Waals surface area contributed by atoms with Gasteiger partial charge in [0.25, 0.3) is 0 Å². The highest BCUT2D eigenvalue weighted by atomic mass is 16.1. The molecule has 5 rings (SSSR count). The summed E-state index contributed by atoms with van der Waals surface area (Å²) in [6, 6.07) is 14.0. The predicted molar refractivity (Wildman–Crippen MR) is 111 cm³/mol. The van der Waals surface area contributed by atoms with Crippen LogP contribution in [-0.4, -0.2) is 26.5 Å². The molecule has 0 unspecified atom stereocenters. The van der Waals surface area contributed by atoms with Crippen molar-refractivity contribution < 1.29 is 0 Å². The number of nitrogens with zero attached hydrogens (tertiary/aromatic N) is 3. The first kappa shape index (κ1) is 16.6. The molecule has 0 amide bonds. The number of H-pyrrole nitrogens is 2. The highest BCUT2D eigenvalue weighted by Gasteiger charge is 2.21. The number of hydrogen-bond acceptors (Lipinski definition) is 5. The third-order valence-electron chi connectivity index (χ3n) is 5.11. The molecule has 0 saturated heterocycles. The van der Waals surface area contributed by atoms with Crippen LogP contribution in [-0.2, 0) is 6.42 Å². The van der Waals surface area contributed by atoms with Gasteiger partial charge in [-0.2, -0.15) is 4.98 Å². The number of fused-ring (bicyclic) bond motifs is 2. The Hall–Kier alpha value is -3.61. The zero-order valence-electron chi connectivity index (χ0n) is 15.5. The smallest absolute Gasteiger partial charge is 0.323 e. The maximum Gasteiger partial charge on any atom is 0.323 e. The van der Waals surface area contributed by atoms with Crippen LogP contribution in [0.15, 0.2) is 53.5 Å². The molecular weight excluding hydrogens is 352 g/mol. The summed E-state index contributed by atoms with van der Waals surface area (Å²) in [6.45, 7) is 3.08. The maximum absolute atomic E-state index is 11.4. The lowest BCUT2D eigenvalue weighted by molar-refractivity contribution is 0.756. The molecule has 3 N–H and O–H groups in total. The molecule has 2 aromatic carbocycles. The van der Waals surface area contributed by atoms with Gasteiger partial charge in [-0.3, -0.25) is 0 Å². The summed E-state index contributed by atoms with van der Waals surface area (Å²) in [7, 11) is 0. The van der Waals surface area contributed by atoms with Crippen LogP contribution in [0.5, 0.6) is 0 Å². The summed E-state index contributed by atoms with van der Waals surface area (Å²) >= 11 is 0.